The molecule has 0 aromatic carbocycles. The molecule has 0 unspecified atom stereocenters. The fourth-order valence-electron chi connectivity index (χ4n) is 4.35. The molecule has 0 aromatic rings. The zero-order valence-electron chi connectivity index (χ0n) is 22.6. The molecule has 37 heavy (non-hydrogen) atoms. The number of aliphatic carboxylic acids is 1. The van der Waals surface area contributed by atoms with Gasteiger partial charge in [-0.25, -0.2) is 4.79 Å². The number of likely N-dealkylation sites (tertiary alicyclic amines) is 1. The summed E-state index contributed by atoms with van der Waals surface area (Å²) in [6, 6.07) is -3.39. The Hall–Kier alpha value is -2.73. The number of nitrogens with zero attached hydrogens (tertiary/aromatic N) is 1. The SMILES string of the molecule is CC(C)C[C@H](NC(=O)CNC(=O)[C@H](CC(C)C)NC(=O)[C@@H]1CCCN1C(=O)[C@@H](N)CCCCN)C(=O)O. The van der Waals surface area contributed by atoms with E-state index < -0.39 is 54.4 Å². The summed E-state index contributed by atoms with van der Waals surface area (Å²) in [4.78, 5) is 64.0. The van der Waals surface area contributed by atoms with E-state index in [0.29, 0.717) is 38.8 Å². The van der Waals surface area contributed by atoms with Crippen molar-refractivity contribution in [2.75, 3.05) is 19.6 Å². The van der Waals surface area contributed by atoms with Crippen molar-refractivity contribution in [3.05, 3.63) is 0 Å². The smallest absolute Gasteiger partial charge is 0.326 e. The zero-order valence-corrected chi connectivity index (χ0v) is 22.6. The third kappa shape index (κ3) is 11.5. The highest BCUT2D eigenvalue weighted by atomic mass is 16.4. The summed E-state index contributed by atoms with van der Waals surface area (Å²) in [6.07, 6.45) is 3.69. The van der Waals surface area contributed by atoms with Crippen molar-refractivity contribution in [2.45, 2.75) is 96.8 Å². The van der Waals surface area contributed by atoms with E-state index in [1.165, 1.54) is 4.90 Å². The molecule has 1 aliphatic heterocycles. The molecule has 1 rings (SSSR count). The van der Waals surface area contributed by atoms with Gasteiger partial charge in [0, 0.05) is 6.54 Å². The number of amides is 4. The minimum atomic E-state index is -1.15. The summed E-state index contributed by atoms with van der Waals surface area (Å²) in [5, 5.41) is 16.9. The molecule has 12 heteroatoms. The molecule has 8 N–H and O–H groups in total. The van der Waals surface area contributed by atoms with Gasteiger partial charge in [0.1, 0.15) is 18.1 Å². The number of unbranched alkanes of at least 4 members (excludes halogenated alkanes) is 1. The van der Waals surface area contributed by atoms with Gasteiger partial charge in [-0.3, -0.25) is 19.2 Å². The quantitative estimate of drug-likeness (QED) is 0.147. The average molecular weight is 527 g/mol. The summed E-state index contributed by atoms with van der Waals surface area (Å²) in [5.74, 6) is -2.94. The lowest BCUT2D eigenvalue weighted by Crippen LogP contribution is -2.56. The second-order valence-electron chi connectivity index (χ2n) is 10.6. The second kappa shape index (κ2) is 16.2. The molecule has 0 spiro atoms. The minimum absolute atomic E-state index is 0.0594. The Kier molecular flexibility index (Phi) is 14.1. The van der Waals surface area contributed by atoms with E-state index in [0.717, 1.165) is 12.8 Å². The number of nitrogens with two attached hydrogens (primary N) is 2. The Bertz CT molecular complexity index is 790. The summed E-state index contributed by atoms with van der Waals surface area (Å²) in [5.41, 5.74) is 11.6. The van der Waals surface area contributed by atoms with Crippen molar-refractivity contribution in [2.24, 2.45) is 23.3 Å². The van der Waals surface area contributed by atoms with E-state index in [1.807, 2.05) is 27.7 Å². The lowest BCUT2D eigenvalue weighted by atomic mass is 10.0. The summed E-state index contributed by atoms with van der Waals surface area (Å²) in [6.45, 7) is 8.01. The molecule has 1 fully saturated rings. The van der Waals surface area contributed by atoms with Crippen LogP contribution in [0.4, 0.5) is 0 Å². The maximum atomic E-state index is 13.1. The van der Waals surface area contributed by atoms with Crippen LogP contribution in [-0.4, -0.2) is 83.4 Å². The molecule has 1 aliphatic rings. The molecule has 1 saturated heterocycles. The molecule has 4 amide bonds. The highest BCUT2D eigenvalue weighted by Gasteiger charge is 2.37. The van der Waals surface area contributed by atoms with Gasteiger partial charge in [0.05, 0.1) is 12.6 Å². The molecule has 0 bridgehead atoms. The number of nitrogens with one attached hydrogen (secondary N) is 3. The van der Waals surface area contributed by atoms with E-state index >= 15 is 0 Å². The summed E-state index contributed by atoms with van der Waals surface area (Å²) >= 11 is 0. The predicted molar refractivity (Wildman–Crippen MR) is 139 cm³/mol. The fraction of sp³-hybridized carbons (Fsp3) is 0.800. The number of hydrogen-bond acceptors (Lipinski definition) is 7. The Morgan fingerprint density at radius 2 is 1.59 bits per heavy atom. The van der Waals surface area contributed by atoms with Gasteiger partial charge in [0.15, 0.2) is 0 Å². The third-order valence-electron chi connectivity index (χ3n) is 6.23. The second-order valence-corrected chi connectivity index (χ2v) is 10.6. The van der Waals surface area contributed by atoms with Crippen LogP contribution in [0.25, 0.3) is 0 Å². The van der Waals surface area contributed by atoms with Gasteiger partial charge >= 0.3 is 5.97 Å². The molecular weight excluding hydrogens is 480 g/mol. The first-order valence-corrected chi connectivity index (χ1v) is 13.2. The number of hydrogen-bond donors (Lipinski definition) is 6. The van der Waals surface area contributed by atoms with Crippen LogP contribution >= 0.6 is 0 Å². The van der Waals surface area contributed by atoms with Crippen molar-refractivity contribution in [3.8, 4) is 0 Å². The Labute approximate surface area is 219 Å². The van der Waals surface area contributed by atoms with E-state index in [2.05, 4.69) is 16.0 Å². The molecule has 12 nitrogen and oxygen atoms in total. The van der Waals surface area contributed by atoms with Gasteiger partial charge in [-0.15, -0.1) is 0 Å². The monoisotopic (exact) mass is 526 g/mol. The number of carboxylic acid groups (broad SMARTS) is 1. The molecule has 212 valence electrons. The van der Waals surface area contributed by atoms with Crippen molar-refractivity contribution >= 4 is 29.6 Å². The van der Waals surface area contributed by atoms with E-state index in [-0.39, 0.29) is 24.2 Å². The van der Waals surface area contributed by atoms with Crippen molar-refractivity contribution in [1.82, 2.24) is 20.9 Å². The number of carbonyl (C=O) groups excluding carboxylic acids is 4. The Morgan fingerprint density at radius 3 is 2.16 bits per heavy atom. The topological polar surface area (TPSA) is 197 Å². The summed E-state index contributed by atoms with van der Waals surface area (Å²) in [7, 11) is 0. The molecule has 0 radical (unpaired) electrons. The lowest BCUT2D eigenvalue weighted by Gasteiger charge is -2.28. The molecule has 4 atom stereocenters. The first kappa shape index (κ1) is 32.3. The van der Waals surface area contributed by atoms with E-state index in [9.17, 15) is 29.1 Å². The molecule has 0 aliphatic carbocycles. The van der Waals surface area contributed by atoms with Crippen LogP contribution in [0.2, 0.25) is 0 Å². The molecule has 1 heterocycles. The largest absolute Gasteiger partial charge is 0.480 e. The standard InChI is InChI=1S/C25H46N6O6/c1-15(2)12-18(22(33)28-14-21(32)29-19(25(36)37)13-16(3)4)30-23(34)20-9-7-11-31(20)24(35)17(27)8-5-6-10-26/h15-20H,5-14,26-27H2,1-4H3,(H,28,33)(H,29,32)(H,30,34)(H,36,37)/t17-,18-,19-,20-/m0/s1. The van der Waals surface area contributed by atoms with E-state index in [1.54, 1.807) is 0 Å². The van der Waals surface area contributed by atoms with Gasteiger partial charge in [0.25, 0.3) is 0 Å². The maximum absolute atomic E-state index is 13.1. The van der Waals surface area contributed by atoms with Crippen LogP contribution in [0, 0.1) is 11.8 Å². The number of carbonyl (C=O) groups is 5. The van der Waals surface area contributed by atoms with Gasteiger partial charge in [-0.1, -0.05) is 34.1 Å². The predicted octanol–water partition coefficient (Wildman–Crippen LogP) is -0.304. The van der Waals surface area contributed by atoms with Crippen LogP contribution in [0.5, 0.6) is 0 Å². The molecular formula is C25H46N6O6. The summed E-state index contributed by atoms with van der Waals surface area (Å²) < 4.78 is 0. The highest BCUT2D eigenvalue weighted by Crippen LogP contribution is 2.20. The normalized spacial score (nSPS) is 17.8. The van der Waals surface area contributed by atoms with Crippen molar-refractivity contribution in [3.63, 3.8) is 0 Å². The number of rotatable bonds is 16. The number of carboxylic acids is 1. The Morgan fingerprint density at radius 1 is 0.973 bits per heavy atom. The van der Waals surface area contributed by atoms with Gasteiger partial charge < -0.3 is 37.4 Å². The van der Waals surface area contributed by atoms with Crippen LogP contribution in [0.3, 0.4) is 0 Å². The van der Waals surface area contributed by atoms with Crippen LogP contribution in [0.15, 0.2) is 0 Å². The highest BCUT2D eigenvalue weighted by molar-refractivity contribution is 5.94. The van der Waals surface area contributed by atoms with E-state index in [4.69, 9.17) is 11.5 Å². The van der Waals surface area contributed by atoms with Gasteiger partial charge in [-0.2, -0.15) is 0 Å². The first-order valence-electron chi connectivity index (χ1n) is 13.2. The van der Waals surface area contributed by atoms with Crippen LogP contribution < -0.4 is 27.4 Å². The van der Waals surface area contributed by atoms with Crippen molar-refractivity contribution in [1.29, 1.82) is 0 Å². The van der Waals surface area contributed by atoms with Crippen LogP contribution in [0.1, 0.15) is 72.6 Å². The van der Waals surface area contributed by atoms with Gasteiger partial charge in [-0.05, 0) is 56.9 Å². The fourth-order valence-corrected chi connectivity index (χ4v) is 4.35. The zero-order chi connectivity index (χ0) is 28.1. The third-order valence-corrected chi connectivity index (χ3v) is 6.23. The lowest BCUT2D eigenvalue weighted by molar-refractivity contribution is -0.142. The van der Waals surface area contributed by atoms with Gasteiger partial charge in [0.2, 0.25) is 23.6 Å². The minimum Gasteiger partial charge on any atom is -0.480 e. The molecule has 0 saturated carbocycles. The average Bonchev–Trinajstić information content (AvgIpc) is 3.30. The first-order chi connectivity index (χ1) is 17.4. The Balaban J connectivity index is 2.76. The van der Waals surface area contributed by atoms with Crippen molar-refractivity contribution < 1.29 is 29.1 Å². The van der Waals surface area contributed by atoms with Crippen LogP contribution in [-0.2, 0) is 24.0 Å². The molecule has 0 aromatic heterocycles. The maximum Gasteiger partial charge on any atom is 0.326 e.